The van der Waals surface area contributed by atoms with E-state index in [4.69, 9.17) is 16.3 Å². The minimum atomic E-state index is -0.400. The minimum Gasteiger partial charge on any atom is -0.496 e. The lowest BCUT2D eigenvalue weighted by Gasteiger charge is -2.26. The summed E-state index contributed by atoms with van der Waals surface area (Å²) in [5, 5.41) is 12.2. The molecule has 180 valence electrons. The number of anilines is 1. The minimum absolute atomic E-state index is 0.0125. The normalized spacial score (nSPS) is 13.7. The van der Waals surface area contributed by atoms with Crippen LogP contribution in [-0.4, -0.2) is 61.3 Å². The smallest absolute Gasteiger partial charge is 0.261 e. The van der Waals surface area contributed by atoms with E-state index in [0.29, 0.717) is 38.9 Å². The number of carbonyl (C=O) groups excluding carboxylic acids is 2. The number of rotatable bonds is 6. The van der Waals surface area contributed by atoms with Crippen LogP contribution in [0.5, 0.6) is 5.75 Å². The molecule has 35 heavy (non-hydrogen) atoms. The number of aromatic nitrogens is 5. The third-order valence-electron chi connectivity index (χ3n) is 5.96. The van der Waals surface area contributed by atoms with Gasteiger partial charge >= 0.3 is 0 Å². The predicted molar refractivity (Wildman–Crippen MR) is 131 cm³/mol. The Bertz CT molecular complexity index is 1390. The van der Waals surface area contributed by atoms with Crippen molar-refractivity contribution >= 4 is 34.7 Å². The average Bonchev–Trinajstić information content (AvgIpc) is 3.48. The Morgan fingerprint density at radius 3 is 2.83 bits per heavy atom. The van der Waals surface area contributed by atoms with Crippen LogP contribution < -0.4 is 10.1 Å². The molecule has 4 heterocycles. The highest BCUT2D eigenvalue weighted by atomic mass is 35.5. The molecule has 10 nitrogen and oxygen atoms in total. The first kappa shape index (κ1) is 22.9. The van der Waals surface area contributed by atoms with Crippen molar-refractivity contribution in [3.63, 3.8) is 0 Å². The number of likely N-dealkylation sites (tertiary alicyclic amines) is 1. The van der Waals surface area contributed by atoms with Gasteiger partial charge in [-0.2, -0.15) is 10.2 Å². The lowest BCUT2D eigenvalue weighted by Crippen LogP contribution is -2.37. The summed E-state index contributed by atoms with van der Waals surface area (Å²) < 4.78 is 8.57. The molecular formula is C24H24ClN7O3. The largest absolute Gasteiger partial charge is 0.496 e. The van der Waals surface area contributed by atoms with Gasteiger partial charge in [0.05, 0.1) is 19.0 Å². The zero-order valence-electron chi connectivity index (χ0n) is 19.1. The van der Waals surface area contributed by atoms with E-state index >= 15 is 0 Å². The zero-order chi connectivity index (χ0) is 24.4. The molecule has 0 radical (unpaired) electrons. The van der Waals surface area contributed by atoms with Crippen molar-refractivity contribution in [3.8, 4) is 17.0 Å². The van der Waals surface area contributed by atoms with Gasteiger partial charge in [-0.3, -0.25) is 14.3 Å². The lowest BCUT2D eigenvalue weighted by molar-refractivity contribution is -0.132. The molecule has 1 N–H and O–H groups in total. The van der Waals surface area contributed by atoms with Gasteiger partial charge in [0.15, 0.2) is 5.65 Å². The Hall–Kier alpha value is -3.92. The molecule has 0 spiro atoms. The summed E-state index contributed by atoms with van der Waals surface area (Å²) in [7, 11) is 1.55. The molecular weight excluding hydrogens is 470 g/mol. The molecule has 3 aromatic heterocycles. The molecule has 1 aliphatic heterocycles. The Labute approximate surface area is 206 Å². The van der Waals surface area contributed by atoms with Crippen LogP contribution in [0.25, 0.3) is 16.9 Å². The molecule has 1 saturated heterocycles. The molecule has 1 fully saturated rings. The monoisotopic (exact) mass is 493 g/mol. The predicted octanol–water partition coefficient (Wildman–Crippen LogP) is 3.52. The first-order valence-corrected chi connectivity index (χ1v) is 11.7. The van der Waals surface area contributed by atoms with Crippen LogP contribution >= 0.6 is 11.6 Å². The van der Waals surface area contributed by atoms with Gasteiger partial charge in [0, 0.05) is 42.3 Å². The van der Waals surface area contributed by atoms with E-state index in [1.54, 1.807) is 50.0 Å². The van der Waals surface area contributed by atoms with Crippen LogP contribution in [0.3, 0.4) is 0 Å². The van der Waals surface area contributed by atoms with Crippen molar-refractivity contribution in [3.05, 3.63) is 59.6 Å². The number of benzene rings is 1. The number of methoxy groups -OCH3 is 1. The standard InChI is InChI=1S/C24H24ClN7O3/c1-35-20-7-6-16(25)12-17(20)22-19(14-31(29-22)15-21(33)30-9-3-2-4-10-30)28-24(34)18-13-27-32-11-5-8-26-23(18)32/h5-8,11-14H,2-4,9-10,15H2,1H3,(H,28,34). The van der Waals surface area contributed by atoms with E-state index in [2.05, 4.69) is 20.5 Å². The number of piperidine rings is 1. The Balaban J connectivity index is 1.50. The molecule has 0 atom stereocenters. The van der Waals surface area contributed by atoms with Crippen molar-refractivity contribution in [2.45, 2.75) is 25.8 Å². The first-order chi connectivity index (χ1) is 17.0. The van der Waals surface area contributed by atoms with E-state index in [0.717, 1.165) is 32.4 Å². The van der Waals surface area contributed by atoms with Crippen molar-refractivity contribution in [2.24, 2.45) is 0 Å². The molecule has 1 aliphatic rings. The highest BCUT2D eigenvalue weighted by Crippen LogP contribution is 2.36. The maximum Gasteiger partial charge on any atom is 0.261 e. The fourth-order valence-electron chi connectivity index (χ4n) is 4.22. The fourth-order valence-corrected chi connectivity index (χ4v) is 4.39. The second-order valence-corrected chi connectivity index (χ2v) is 8.71. The van der Waals surface area contributed by atoms with Crippen molar-refractivity contribution in [1.82, 2.24) is 29.3 Å². The topological polar surface area (TPSA) is 107 Å². The average molecular weight is 494 g/mol. The summed E-state index contributed by atoms with van der Waals surface area (Å²) in [5.74, 6) is 0.125. The van der Waals surface area contributed by atoms with Crippen LogP contribution in [0.2, 0.25) is 5.02 Å². The summed E-state index contributed by atoms with van der Waals surface area (Å²) in [6.45, 7) is 1.56. The summed E-state index contributed by atoms with van der Waals surface area (Å²) in [6, 6.07) is 6.89. The number of hydrogen-bond donors (Lipinski definition) is 1. The van der Waals surface area contributed by atoms with Crippen molar-refractivity contribution < 1.29 is 14.3 Å². The molecule has 11 heteroatoms. The third-order valence-corrected chi connectivity index (χ3v) is 6.19. The van der Waals surface area contributed by atoms with Gasteiger partial charge in [-0.05, 0) is 43.5 Å². The van der Waals surface area contributed by atoms with E-state index in [1.165, 1.54) is 15.4 Å². The molecule has 0 unspecified atom stereocenters. The molecule has 0 saturated carbocycles. The Kier molecular flexibility index (Phi) is 6.37. The fraction of sp³-hybridized carbons (Fsp3) is 0.292. The number of nitrogens with zero attached hydrogens (tertiary/aromatic N) is 6. The van der Waals surface area contributed by atoms with Gasteiger partial charge in [0.25, 0.3) is 5.91 Å². The number of fused-ring (bicyclic) bond motifs is 1. The summed E-state index contributed by atoms with van der Waals surface area (Å²) in [4.78, 5) is 32.2. The van der Waals surface area contributed by atoms with Crippen LogP contribution in [0.15, 0.2) is 49.1 Å². The number of carbonyl (C=O) groups is 2. The number of amides is 2. The van der Waals surface area contributed by atoms with Gasteiger partial charge in [-0.15, -0.1) is 0 Å². The first-order valence-electron chi connectivity index (χ1n) is 11.3. The number of ether oxygens (including phenoxy) is 1. The molecule has 4 aromatic rings. The van der Waals surface area contributed by atoms with E-state index < -0.39 is 5.91 Å². The van der Waals surface area contributed by atoms with Crippen LogP contribution in [0.1, 0.15) is 29.6 Å². The van der Waals surface area contributed by atoms with Gasteiger partial charge in [-0.25, -0.2) is 9.50 Å². The van der Waals surface area contributed by atoms with Gasteiger partial charge < -0.3 is 15.0 Å². The van der Waals surface area contributed by atoms with Crippen LogP contribution in [0, 0.1) is 0 Å². The highest BCUT2D eigenvalue weighted by molar-refractivity contribution is 6.31. The molecule has 1 aromatic carbocycles. The molecule has 0 aliphatic carbocycles. The molecule has 2 amide bonds. The lowest BCUT2D eigenvalue weighted by atomic mass is 10.1. The highest BCUT2D eigenvalue weighted by Gasteiger charge is 2.23. The van der Waals surface area contributed by atoms with Gasteiger partial charge in [0.1, 0.15) is 23.6 Å². The Morgan fingerprint density at radius 2 is 2.03 bits per heavy atom. The van der Waals surface area contributed by atoms with E-state index in [-0.39, 0.29) is 12.5 Å². The van der Waals surface area contributed by atoms with E-state index in [9.17, 15) is 9.59 Å². The van der Waals surface area contributed by atoms with Crippen molar-refractivity contribution in [2.75, 3.05) is 25.5 Å². The van der Waals surface area contributed by atoms with E-state index in [1.807, 2.05) is 4.90 Å². The van der Waals surface area contributed by atoms with Crippen LogP contribution in [0.4, 0.5) is 5.69 Å². The third kappa shape index (κ3) is 4.69. The summed E-state index contributed by atoms with van der Waals surface area (Å²) in [6.07, 6.45) is 9.57. The maximum absolute atomic E-state index is 13.2. The summed E-state index contributed by atoms with van der Waals surface area (Å²) >= 11 is 6.26. The maximum atomic E-state index is 13.2. The van der Waals surface area contributed by atoms with Gasteiger partial charge in [-0.1, -0.05) is 11.6 Å². The second kappa shape index (κ2) is 9.75. The van der Waals surface area contributed by atoms with Crippen LogP contribution in [-0.2, 0) is 11.3 Å². The number of halogens is 1. The number of nitrogens with one attached hydrogen (secondary N) is 1. The quantitative estimate of drug-likeness (QED) is 0.440. The number of hydrogen-bond acceptors (Lipinski definition) is 6. The molecule has 5 rings (SSSR count). The second-order valence-electron chi connectivity index (χ2n) is 8.28. The van der Waals surface area contributed by atoms with Gasteiger partial charge in [0.2, 0.25) is 5.91 Å². The SMILES string of the molecule is COc1ccc(Cl)cc1-c1nn(CC(=O)N2CCCCC2)cc1NC(=O)c1cnn2cccnc12. The van der Waals surface area contributed by atoms with Crippen molar-refractivity contribution in [1.29, 1.82) is 0 Å². The Morgan fingerprint density at radius 1 is 1.20 bits per heavy atom. The summed E-state index contributed by atoms with van der Waals surface area (Å²) in [5.41, 5.74) is 2.19. The zero-order valence-corrected chi connectivity index (χ0v) is 19.9. The molecule has 0 bridgehead atoms.